The molecule has 0 aliphatic heterocycles. The molecule has 1 aromatic rings. The zero-order valence-electron chi connectivity index (χ0n) is 9.94. The molecule has 0 radical (unpaired) electrons. The second-order valence-corrected chi connectivity index (χ2v) is 4.57. The number of rotatable bonds is 2. The zero-order chi connectivity index (χ0) is 13.1. The third-order valence-corrected chi connectivity index (χ3v) is 1.73. The summed E-state index contributed by atoms with van der Waals surface area (Å²) in [5, 5.41) is 13.9. The van der Waals surface area contributed by atoms with E-state index < -0.39 is 5.97 Å². The van der Waals surface area contributed by atoms with Gasteiger partial charge in [0, 0.05) is 5.54 Å². The lowest BCUT2D eigenvalue weighted by atomic mass is 10.1. The summed E-state index contributed by atoms with van der Waals surface area (Å²) in [5.74, 6) is -1.10. The first kappa shape index (κ1) is 13.0. The Hall–Kier alpha value is -2.11. The third kappa shape index (κ3) is 4.50. The van der Waals surface area contributed by atoms with Crippen LogP contribution in [0.15, 0.2) is 18.3 Å². The number of amides is 2. The Morgan fingerprint density at radius 3 is 2.35 bits per heavy atom. The number of aromatic carboxylic acids is 1. The van der Waals surface area contributed by atoms with E-state index in [0.717, 1.165) is 0 Å². The predicted molar refractivity (Wildman–Crippen MR) is 63.1 cm³/mol. The standard InChI is InChI=1S/C11H15N3O3/c1-11(2,3)14-10(17)13-7-4-5-8(9(15)16)12-6-7/h4-6H,1-3H3,(H,15,16)(H2,13,14,17). The van der Waals surface area contributed by atoms with Gasteiger partial charge in [-0.25, -0.2) is 14.6 Å². The SMILES string of the molecule is CC(C)(C)NC(=O)Nc1ccc(C(=O)O)nc1. The molecule has 0 saturated carbocycles. The summed E-state index contributed by atoms with van der Waals surface area (Å²) in [7, 11) is 0. The van der Waals surface area contributed by atoms with Gasteiger partial charge in [-0.3, -0.25) is 0 Å². The van der Waals surface area contributed by atoms with E-state index in [9.17, 15) is 9.59 Å². The fourth-order valence-electron chi connectivity index (χ4n) is 1.10. The summed E-state index contributed by atoms with van der Waals surface area (Å²) in [6.45, 7) is 5.58. The average molecular weight is 237 g/mol. The second kappa shape index (κ2) is 4.82. The van der Waals surface area contributed by atoms with E-state index in [0.29, 0.717) is 5.69 Å². The number of urea groups is 1. The fourth-order valence-corrected chi connectivity index (χ4v) is 1.10. The number of hydrogen-bond acceptors (Lipinski definition) is 3. The second-order valence-electron chi connectivity index (χ2n) is 4.57. The predicted octanol–water partition coefficient (Wildman–Crippen LogP) is 1.70. The Morgan fingerprint density at radius 2 is 1.94 bits per heavy atom. The van der Waals surface area contributed by atoms with Crippen LogP contribution in [0.3, 0.4) is 0 Å². The number of nitrogens with zero attached hydrogens (tertiary/aromatic N) is 1. The van der Waals surface area contributed by atoms with Gasteiger partial charge >= 0.3 is 12.0 Å². The molecular formula is C11H15N3O3. The summed E-state index contributed by atoms with van der Waals surface area (Å²) in [4.78, 5) is 25.7. The van der Waals surface area contributed by atoms with Gasteiger partial charge in [-0.2, -0.15) is 0 Å². The summed E-state index contributed by atoms with van der Waals surface area (Å²) in [5.41, 5.74) is 0.0435. The Kier molecular flexibility index (Phi) is 3.67. The van der Waals surface area contributed by atoms with Gasteiger partial charge in [0.15, 0.2) is 0 Å². The maximum Gasteiger partial charge on any atom is 0.354 e. The maximum atomic E-state index is 11.5. The number of hydrogen-bond donors (Lipinski definition) is 3. The lowest BCUT2D eigenvalue weighted by Crippen LogP contribution is -2.43. The number of aromatic nitrogens is 1. The van der Waals surface area contributed by atoms with Gasteiger partial charge < -0.3 is 15.7 Å². The highest BCUT2D eigenvalue weighted by Gasteiger charge is 2.13. The molecule has 6 nitrogen and oxygen atoms in total. The zero-order valence-corrected chi connectivity index (χ0v) is 9.94. The molecule has 0 aliphatic carbocycles. The van der Waals surface area contributed by atoms with Crippen molar-refractivity contribution in [3.05, 3.63) is 24.0 Å². The van der Waals surface area contributed by atoms with Gasteiger partial charge in [-0.05, 0) is 32.9 Å². The largest absolute Gasteiger partial charge is 0.477 e. The fraction of sp³-hybridized carbons (Fsp3) is 0.364. The van der Waals surface area contributed by atoms with Crippen LogP contribution in [0.4, 0.5) is 10.5 Å². The molecule has 0 aliphatic rings. The topological polar surface area (TPSA) is 91.3 Å². The summed E-state index contributed by atoms with van der Waals surface area (Å²) >= 11 is 0. The summed E-state index contributed by atoms with van der Waals surface area (Å²) in [6.07, 6.45) is 1.30. The highest BCUT2D eigenvalue weighted by Crippen LogP contribution is 2.07. The van der Waals surface area contributed by atoms with Gasteiger partial charge in [0.2, 0.25) is 0 Å². The third-order valence-electron chi connectivity index (χ3n) is 1.73. The molecule has 2 amide bonds. The molecule has 17 heavy (non-hydrogen) atoms. The molecule has 0 unspecified atom stereocenters. The lowest BCUT2D eigenvalue weighted by Gasteiger charge is -2.20. The van der Waals surface area contributed by atoms with Crippen LogP contribution in [0.5, 0.6) is 0 Å². The van der Waals surface area contributed by atoms with Gasteiger partial charge in [-0.1, -0.05) is 0 Å². The minimum Gasteiger partial charge on any atom is -0.477 e. The molecule has 0 spiro atoms. The molecule has 3 N–H and O–H groups in total. The van der Waals surface area contributed by atoms with E-state index in [4.69, 9.17) is 5.11 Å². The van der Waals surface area contributed by atoms with Gasteiger partial charge in [0.25, 0.3) is 0 Å². The van der Waals surface area contributed by atoms with E-state index in [-0.39, 0.29) is 17.3 Å². The minimum atomic E-state index is -1.10. The van der Waals surface area contributed by atoms with E-state index >= 15 is 0 Å². The molecule has 92 valence electrons. The van der Waals surface area contributed by atoms with Crippen molar-refractivity contribution in [2.45, 2.75) is 26.3 Å². The molecule has 0 saturated heterocycles. The van der Waals surface area contributed by atoms with Crippen LogP contribution in [0, 0.1) is 0 Å². The van der Waals surface area contributed by atoms with Crippen molar-refractivity contribution in [2.24, 2.45) is 0 Å². The highest BCUT2D eigenvalue weighted by atomic mass is 16.4. The molecular weight excluding hydrogens is 222 g/mol. The van der Waals surface area contributed by atoms with E-state index in [1.165, 1.54) is 18.3 Å². The van der Waals surface area contributed by atoms with Crippen LogP contribution in [0.2, 0.25) is 0 Å². The molecule has 0 bridgehead atoms. The number of anilines is 1. The highest BCUT2D eigenvalue weighted by molar-refractivity contribution is 5.90. The van der Waals surface area contributed by atoms with Crippen molar-refractivity contribution in [2.75, 3.05) is 5.32 Å². The molecule has 1 aromatic heterocycles. The van der Waals surface area contributed by atoms with Crippen molar-refractivity contribution in [1.29, 1.82) is 0 Å². The molecule has 1 heterocycles. The van der Waals surface area contributed by atoms with Crippen LogP contribution in [-0.2, 0) is 0 Å². The van der Waals surface area contributed by atoms with Crippen LogP contribution in [-0.4, -0.2) is 27.6 Å². The number of carbonyl (C=O) groups excluding carboxylic acids is 1. The lowest BCUT2D eigenvalue weighted by molar-refractivity contribution is 0.0690. The number of carbonyl (C=O) groups is 2. The Balaban J connectivity index is 2.64. The first-order chi connectivity index (χ1) is 7.78. The first-order valence-electron chi connectivity index (χ1n) is 5.06. The molecule has 0 aromatic carbocycles. The monoisotopic (exact) mass is 237 g/mol. The van der Waals surface area contributed by atoms with Crippen LogP contribution >= 0.6 is 0 Å². The Morgan fingerprint density at radius 1 is 1.29 bits per heavy atom. The Bertz CT molecular complexity index is 421. The van der Waals surface area contributed by atoms with Crippen LogP contribution < -0.4 is 10.6 Å². The quantitative estimate of drug-likeness (QED) is 0.730. The summed E-state index contributed by atoms with van der Waals surface area (Å²) in [6, 6.07) is 2.45. The van der Waals surface area contributed by atoms with Gasteiger partial charge in [0.05, 0.1) is 11.9 Å². The van der Waals surface area contributed by atoms with Crippen molar-refractivity contribution in [3.8, 4) is 0 Å². The minimum absolute atomic E-state index is 0.0632. The van der Waals surface area contributed by atoms with Crippen molar-refractivity contribution in [1.82, 2.24) is 10.3 Å². The van der Waals surface area contributed by atoms with E-state index in [2.05, 4.69) is 15.6 Å². The maximum absolute atomic E-state index is 11.5. The van der Waals surface area contributed by atoms with Gasteiger partial charge in [0.1, 0.15) is 5.69 Å². The molecule has 6 heteroatoms. The van der Waals surface area contributed by atoms with E-state index in [1.807, 2.05) is 20.8 Å². The molecule has 0 fully saturated rings. The Labute approximate surface area is 99.1 Å². The van der Waals surface area contributed by atoms with Crippen LogP contribution in [0.25, 0.3) is 0 Å². The number of pyridine rings is 1. The van der Waals surface area contributed by atoms with Crippen molar-refractivity contribution < 1.29 is 14.7 Å². The summed E-state index contributed by atoms with van der Waals surface area (Å²) < 4.78 is 0. The number of nitrogens with one attached hydrogen (secondary N) is 2. The van der Waals surface area contributed by atoms with Crippen molar-refractivity contribution >= 4 is 17.7 Å². The first-order valence-corrected chi connectivity index (χ1v) is 5.06. The average Bonchev–Trinajstić information content (AvgIpc) is 2.15. The van der Waals surface area contributed by atoms with E-state index in [1.54, 1.807) is 0 Å². The van der Waals surface area contributed by atoms with Crippen LogP contribution in [0.1, 0.15) is 31.3 Å². The van der Waals surface area contributed by atoms with Crippen molar-refractivity contribution in [3.63, 3.8) is 0 Å². The number of carboxylic acid groups (broad SMARTS) is 1. The normalized spacial score (nSPS) is 10.8. The molecule has 0 atom stereocenters. The number of carboxylic acids is 1. The van der Waals surface area contributed by atoms with Gasteiger partial charge in [-0.15, -0.1) is 0 Å². The smallest absolute Gasteiger partial charge is 0.354 e. The molecule has 1 rings (SSSR count).